The molecule has 2 aliphatic heterocycles. The SMILES string of the molecule is O=C(NC[C@H]1CN(c2ncc(F)cn2)Cc2ccnn21)N1CCCC1. The number of anilines is 1. The van der Waals surface area contributed by atoms with E-state index < -0.39 is 5.82 Å². The number of hydrogen-bond acceptors (Lipinski definition) is 5. The van der Waals surface area contributed by atoms with Crippen LogP contribution in [0.3, 0.4) is 0 Å². The van der Waals surface area contributed by atoms with Crippen molar-refractivity contribution in [1.29, 1.82) is 0 Å². The fourth-order valence-corrected chi connectivity index (χ4v) is 3.40. The van der Waals surface area contributed by atoms with E-state index in [4.69, 9.17) is 0 Å². The molecule has 0 bridgehead atoms. The number of aromatic nitrogens is 4. The summed E-state index contributed by atoms with van der Waals surface area (Å²) < 4.78 is 15.0. The Bertz CT molecular complexity index is 741. The summed E-state index contributed by atoms with van der Waals surface area (Å²) in [6.45, 7) is 3.31. The lowest BCUT2D eigenvalue weighted by Gasteiger charge is -2.34. The zero-order chi connectivity index (χ0) is 17.2. The monoisotopic (exact) mass is 345 g/mol. The second-order valence-electron chi connectivity index (χ2n) is 6.38. The van der Waals surface area contributed by atoms with Crippen LogP contribution in [0, 0.1) is 5.82 Å². The first-order valence-electron chi connectivity index (χ1n) is 8.48. The molecule has 0 radical (unpaired) electrons. The molecule has 0 spiro atoms. The first kappa shape index (κ1) is 15.8. The van der Waals surface area contributed by atoms with Crippen LogP contribution in [0.25, 0.3) is 0 Å². The van der Waals surface area contributed by atoms with E-state index in [2.05, 4.69) is 20.4 Å². The summed E-state index contributed by atoms with van der Waals surface area (Å²) in [6, 6.07) is 1.88. The van der Waals surface area contributed by atoms with E-state index in [-0.39, 0.29) is 12.1 Å². The van der Waals surface area contributed by atoms with Crippen LogP contribution in [0.4, 0.5) is 15.1 Å². The minimum atomic E-state index is -0.458. The van der Waals surface area contributed by atoms with Crippen LogP contribution in [-0.2, 0) is 6.54 Å². The van der Waals surface area contributed by atoms with E-state index in [9.17, 15) is 9.18 Å². The summed E-state index contributed by atoms with van der Waals surface area (Å²) in [6.07, 6.45) is 6.21. The van der Waals surface area contributed by atoms with Gasteiger partial charge in [0.25, 0.3) is 0 Å². The molecule has 2 amide bonds. The van der Waals surface area contributed by atoms with Gasteiger partial charge in [-0.2, -0.15) is 5.10 Å². The predicted octanol–water partition coefficient (Wildman–Crippen LogP) is 1.18. The van der Waals surface area contributed by atoms with Gasteiger partial charge < -0.3 is 15.1 Å². The molecule has 4 heterocycles. The molecule has 1 atom stereocenters. The van der Waals surface area contributed by atoms with Gasteiger partial charge in [-0.25, -0.2) is 19.2 Å². The van der Waals surface area contributed by atoms with Crippen molar-refractivity contribution < 1.29 is 9.18 Å². The highest BCUT2D eigenvalue weighted by molar-refractivity contribution is 5.74. The quantitative estimate of drug-likeness (QED) is 0.904. The maximum atomic E-state index is 13.1. The second kappa shape index (κ2) is 6.66. The molecule has 2 aliphatic rings. The highest BCUT2D eigenvalue weighted by Crippen LogP contribution is 2.23. The van der Waals surface area contributed by atoms with Crippen LogP contribution < -0.4 is 10.2 Å². The molecule has 1 N–H and O–H groups in total. The molecule has 4 rings (SSSR count). The van der Waals surface area contributed by atoms with E-state index in [1.807, 2.05) is 20.5 Å². The van der Waals surface area contributed by atoms with E-state index >= 15 is 0 Å². The number of carbonyl (C=O) groups excluding carboxylic acids is 1. The Morgan fingerprint density at radius 2 is 2.04 bits per heavy atom. The number of likely N-dealkylation sites (tertiary alicyclic amines) is 1. The van der Waals surface area contributed by atoms with Gasteiger partial charge in [0.05, 0.1) is 30.7 Å². The maximum Gasteiger partial charge on any atom is 0.317 e. The van der Waals surface area contributed by atoms with Gasteiger partial charge in [-0.3, -0.25) is 4.68 Å². The number of nitrogens with one attached hydrogen (secondary N) is 1. The average Bonchev–Trinajstić information content (AvgIpc) is 3.31. The van der Waals surface area contributed by atoms with Crippen molar-refractivity contribution in [2.45, 2.75) is 25.4 Å². The van der Waals surface area contributed by atoms with Gasteiger partial charge in [0.1, 0.15) is 0 Å². The standard InChI is InChI=1S/C16H20FN7O/c17-12-7-18-15(19-8-12)23-10-13-3-4-21-24(13)14(11-23)9-20-16(25)22-5-1-2-6-22/h3-4,7-8,14H,1-2,5-6,9-11H2,(H,20,25)/t14-/m0/s1. The predicted molar refractivity (Wildman–Crippen MR) is 88.5 cm³/mol. The Balaban J connectivity index is 1.47. The first-order chi connectivity index (χ1) is 12.2. The second-order valence-corrected chi connectivity index (χ2v) is 6.38. The number of amides is 2. The summed E-state index contributed by atoms with van der Waals surface area (Å²) >= 11 is 0. The molecule has 0 saturated carbocycles. The molecule has 2 aromatic rings. The van der Waals surface area contributed by atoms with Crippen molar-refractivity contribution in [2.75, 3.05) is 31.1 Å². The molecular weight excluding hydrogens is 325 g/mol. The number of fused-ring (bicyclic) bond motifs is 1. The van der Waals surface area contributed by atoms with E-state index in [1.165, 1.54) is 12.4 Å². The number of hydrogen-bond donors (Lipinski definition) is 1. The first-order valence-corrected chi connectivity index (χ1v) is 8.48. The number of urea groups is 1. The number of rotatable bonds is 3. The van der Waals surface area contributed by atoms with Crippen molar-refractivity contribution in [3.8, 4) is 0 Å². The molecule has 9 heteroatoms. The van der Waals surface area contributed by atoms with Crippen molar-refractivity contribution in [1.82, 2.24) is 30.0 Å². The van der Waals surface area contributed by atoms with Crippen LogP contribution in [0.2, 0.25) is 0 Å². The van der Waals surface area contributed by atoms with Crippen LogP contribution in [0.5, 0.6) is 0 Å². The third kappa shape index (κ3) is 3.26. The topological polar surface area (TPSA) is 79.2 Å². The molecule has 132 valence electrons. The lowest BCUT2D eigenvalue weighted by Crippen LogP contribution is -2.46. The normalized spacial score (nSPS) is 19.8. The fourth-order valence-electron chi connectivity index (χ4n) is 3.40. The van der Waals surface area contributed by atoms with Crippen LogP contribution in [0.15, 0.2) is 24.7 Å². The summed E-state index contributed by atoms with van der Waals surface area (Å²) in [5.41, 5.74) is 1.01. The van der Waals surface area contributed by atoms with Gasteiger partial charge in [-0.1, -0.05) is 0 Å². The van der Waals surface area contributed by atoms with Crippen LogP contribution in [0.1, 0.15) is 24.6 Å². The van der Waals surface area contributed by atoms with E-state index in [1.54, 1.807) is 6.20 Å². The average molecular weight is 345 g/mol. The number of nitrogens with zero attached hydrogens (tertiary/aromatic N) is 6. The Hall–Kier alpha value is -2.71. The molecule has 0 aromatic carbocycles. The van der Waals surface area contributed by atoms with Crippen LogP contribution >= 0.6 is 0 Å². The van der Waals surface area contributed by atoms with Gasteiger partial charge in [-0.15, -0.1) is 0 Å². The molecule has 1 fully saturated rings. The molecule has 0 unspecified atom stereocenters. The van der Waals surface area contributed by atoms with E-state index in [0.29, 0.717) is 25.6 Å². The minimum Gasteiger partial charge on any atom is -0.336 e. The van der Waals surface area contributed by atoms with Crippen LogP contribution in [-0.4, -0.2) is 56.9 Å². The Morgan fingerprint density at radius 3 is 2.80 bits per heavy atom. The minimum absolute atomic E-state index is 0.0265. The Morgan fingerprint density at radius 1 is 1.28 bits per heavy atom. The third-order valence-electron chi connectivity index (χ3n) is 4.65. The maximum absolute atomic E-state index is 13.1. The van der Waals surface area contributed by atoms with Crippen molar-refractivity contribution in [3.63, 3.8) is 0 Å². The largest absolute Gasteiger partial charge is 0.336 e. The Labute approximate surface area is 144 Å². The molecule has 25 heavy (non-hydrogen) atoms. The van der Waals surface area contributed by atoms with Crippen molar-refractivity contribution in [2.24, 2.45) is 0 Å². The van der Waals surface area contributed by atoms with Gasteiger partial charge in [0, 0.05) is 32.4 Å². The zero-order valence-electron chi connectivity index (χ0n) is 13.8. The van der Waals surface area contributed by atoms with Crippen molar-refractivity contribution in [3.05, 3.63) is 36.2 Å². The van der Waals surface area contributed by atoms with Crippen molar-refractivity contribution >= 4 is 12.0 Å². The highest BCUT2D eigenvalue weighted by atomic mass is 19.1. The highest BCUT2D eigenvalue weighted by Gasteiger charge is 2.28. The third-order valence-corrected chi connectivity index (χ3v) is 4.65. The number of carbonyl (C=O) groups is 1. The van der Waals surface area contributed by atoms with Gasteiger partial charge in [0.2, 0.25) is 5.95 Å². The molecule has 0 aliphatic carbocycles. The van der Waals surface area contributed by atoms with Gasteiger partial charge in [0.15, 0.2) is 5.82 Å². The number of halogens is 1. The van der Waals surface area contributed by atoms with E-state index in [0.717, 1.165) is 31.6 Å². The fraction of sp³-hybridized carbons (Fsp3) is 0.500. The summed E-state index contributed by atoms with van der Waals surface area (Å²) in [7, 11) is 0. The zero-order valence-corrected chi connectivity index (χ0v) is 13.8. The lowest BCUT2D eigenvalue weighted by atomic mass is 10.2. The van der Waals surface area contributed by atoms with Gasteiger partial charge in [-0.05, 0) is 18.9 Å². The summed E-state index contributed by atoms with van der Waals surface area (Å²) in [5, 5.41) is 7.38. The lowest BCUT2D eigenvalue weighted by molar-refractivity contribution is 0.206. The summed E-state index contributed by atoms with van der Waals surface area (Å²) in [4.78, 5) is 24.2. The molecule has 1 saturated heterocycles. The molecular formula is C16H20FN7O. The summed E-state index contributed by atoms with van der Waals surface area (Å²) in [5.74, 6) is 0.0185. The smallest absolute Gasteiger partial charge is 0.317 e. The molecule has 2 aromatic heterocycles. The molecule has 8 nitrogen and oxygen atoms in total. The Kier molecular flexibility index (Phi) is 4.21. The van der Waals surface area contributed by atoms with Gasteiger partial charge >= 0.3 is 6.03 Å².